The Balaban J connectivity index is 1.14. The lowest BCUT2D eigenvalue weighted by Gasteiger charge is -2.39. The summed E-state index contributed by atoms with van der Waals surface area (Å²) in [5, 5.41) is 4.24. The van der Waals surface area contributed by atoms with Crippen LogP contribution in [0.2, 0.25) is 0 Å². The standard InChI is InChI=1S/C29H31N3O/c1-4-11-24(12-5-1)28-23-27(33-30-28)17-10-18-31-19-21-32(22-20-31)29(25-13-6-2-7-14-25)26-15-8-3-9-16-26/h1-9,11-16,23,29H,10,17-22H2. The average Bonchev–Trinajstić information content (AvgIpc) is 3.36. The van der Waals surface area contributed by atoms with Crippen LogP contribution in [0.15, 0.2) is 102 Å². The maximum Gasteiger partial charge on any atom is 0.137 e. The molecule has 2 heterocycles. The molecule has 33 heavy (non-hydrogen) atoms. The van der Waals surface area contributed by atoms with Crippen LogP contribution in [0, 0.1) is 0 Å². The van der Waals surface area contributed by atoms with Gasteiger partial charge in [-0.3, -0.25) is 4.90 Å². The van der Waals surface area contributed by atoms with E-state index in [2.05, 4.69) is 93.8 Å². The molecule has 0 bridgehead atoms. The molecule has 0 saturated carbocycles. The van der Waals surface area contributed by atoms with Crippen molar-refractivity contribution >= 4 is 0 Å². The zero-order valence-electron chi connectivity index (χ0n) is 19.0. The van der Waals surface area contributed by atoms with Gasteiger partial charge in [0, 0.05) is 44.2 Å². The van der Waals surface area contributed by atoms with Crippen molar-refractivity contribution in [1.29, 1.82) is 0 Å². The van der Waals surface area contributed by atoms with Crippen molar-refractivity contribution < 1.29 is 4.52 Å². The van der Waals surface area contributed by atoms with Crippen molar-refractivity contribution in [2.75, 3.05) is 32.7 Å². The minimum absolute atomic E-state index is 0.320. The van der Waals surface area contributed by atoms with E-state index >= 15 is 0 Å². The SMILES string of the molecule is c1ccc(-c2cc(CCCN3CCN(C(c4ccccc4)c4ccccc4)CC3)on2)cc1. The minimum atomic E-state index is 0.320. The number of aromatic nitrogens is 1. The number of hydrogen-bond donors (Lipinski definition) is 0. The first-order valence-corrected chi connectivity index (χ1v) is 11.9. The number of nitrogens with zero attached hydrogens (tertiary/aromatic N) is 3. The molecule has 1 fully saturated rings. The minimum Gasteiger partial charge on any atom is -0.361 e. The maximum absolute atomic E-state index is 5.58. The molecule has 1 aromatic heterocycles. The number of hydrogen-bond acceptors (Lipinski definition) is 4. The average molecular weight is 438 g/mol. The molecule has 3 aromatic carbocycles. The highest BCUT2D eigenvalue weighted by Gasteiger charge is 2.26. The molecule has 4 heteroatoms. The molecule has 1 aliphatic rings. The predicted octanol–water partition coefficient (Wildman–Crippen LogP) is 5.68. The summed E-state index contributed by atoms with van der Waals surface area (Å²) in [6, 6.07) is 34.4. The fraction of sp³-hybridized carbons (Fsp3) is 0.276. The summed E-state index contributed by atoms with van der Waals surface area (Å²) in [6.45, 7) is 5.45. The molecule has 0 spiro atoms. The van der Waals surface area contributed by atoms with Crippen LogP contribution in [-0.4, -0.2) is 47.7 Å². The van der Waals surface area contributed by atoms with Gasteiger partial charge in [0.25, 0.3) is 0 Å². The van der Waals surface area contributed by atoms with Gasteiger partial charge in [0.05, 0.1) is 6.04 Å². The van der Waals surface area contributed by atoms with Gasteiger partial charge in [-0.05, 0) is 24.1 Å². The zero-order valence-corrected chi connectivity index (χ0v) is 19.0. The van der Waals surface area contributed by atoms with Crippen LogP contribution in [0.4, 0.5) is 0 Å². The Labute approximate surface area is 196 Å². The fourth-order valence-corrected chi connectivity index (χ4v) is 4.78. The van der Waals surface area contributed by atoms with Crippen molar-refractivity contribution in [2.24, 2.45) is 0 Å². The molecule has 4 aromatic rings. The Hall–Kier alpha value is -3.21. The lowest BCUT2D eigenvalue weighted by Crippen LogP contribution is -2.48. The Bertz CT molecular complexity index is 1060. The normalized spacial score (nSPS) is 15.2. The molecular weight excluding hydrogens is 406 g/mol. The summed E-state index contributed by atoms with van der Waals surface area (Å²) in [4.78, 5) is 5.21. The number of benzene rings is 3. The number of aryl methyl sites for hydroxylation is 1. The van der Waals surface area contributed by atoms with Gasteiger partial charge in [-0.1, -0.05) is 96.2 Å². The van der Waals surface area contributed by atoms with Crippen molar-refractivity contribution in [3.8, 4) is 11.3 Å². The summed E-state index contributed by atoms with van der Waals surface area (Å²) in [5.74, 6) is 0.973. The lowest BCUT2D eigenvalue weighted by molar-refractivity contribution is 0.108. The molecule has 0 aliphatic carbocycles. The molecule has 0 atom stereocenters. The highest BCUT2D eigenvalue weighted by Crippen LogP contribution is 2.29. The van der Waals surface area contributed by atoms with E-state index in [1.807, 2.05) is 18.2 Å². The summed E-state index contributed by atoms with van der Waals surface area (Å²) in [7, 11) is 0. The summed E-state index contributed by atoms with van der Waals surface area (Å²) < 4.78 is 5.58. The van der Waals surface area contributed by atoms with Gasteiger partial charge in [-0.15, -0.1) is 0 Å². The van der Waals surface area contributed by atoms with Crippen LogP contribution in [0.1, 0.15) is 29.3 Å². The van der Waals surface area contributed by atoms with E-state index in [4.69, 9.17) is 4.52 Å². The molecule has 0 unspecified atom stereocenters. The molecule has 0 radical (unpaired) electrons. The zero-order chi connectivity index (χ0) is 22.3. The summed E-state index contributed by atoms with van der Waals surface area (Å²) in [6.07, 6.45) is 2.01. The first kappa shape index (κ1) is 21.6. The molecule has 0 amide bonds. The lowest BCUT2D eigenvalue weighted by atomic mass is 9.96. The molecule has 0 N–H and O–H groups in total. The van der Waals surface area contributed by atoms with Gasteiger partial charge >= 0.3 is 0 Å². The van der Waals surface area contributed by atoms with E-state index in [0.717, 1.165) is 62.6 Å². The van der Waals surface area contributed by atoms with Gasteiger partial charge in [0.1, 0.15) is 11.5 Å². The topological polar surface area (TPSA) is 32.5 Å². The van der Waals surface area contributed by atoms with Crippen molar-refractivity contribution in [1.82, 2.24) is 15.0 Å². The second-order valence-corrected chi connectivity index (χ2v) is 8.75. The second kappa shape index (κ2) is 10.6. The Kier molecular flexibility index (Phi) is 6.95. The molecule has 4 nitrogen and oxygen atoms in total. The third kappa shape index (κ3) is 5.41. The molecule has 5 rings (SSSR count). The molecular formula is C29H31N3O. The van der Waals surface area contributed by atoms with Gasteiger partial charge in [0.2, 0.25) is 0 Å². The first-order chi connectivity index (χ1) is 16.4. The van der Waals surface area contributed by atoms with Gasteiger partial charge in [0.15, 0.2) is 0 Å². The molecule has 1 aliphatic heterocycles. The largest absolute Gasteiger partial charge is 0.361 e. The van der Waals surface area contributed by atoms with E-state index in [9.17, 15) is 0 Å². The van der Waals surface area contributed by atoms with Gasteiger partial charge in [-0.2, -0.15) is 0 Å². The van der Waals surface area contributed by atoms with Gasteiger partial charge in [-0.25, -0.2) is 0 Å². The highest BCUT2D eigenvalue weighted by molar-refractivity contribution is 5.58. The second-order valence-electron chi connectivity index (χ2n) is 8.75. The Morgan fingerprint density at radius 2 is 1.30 bits per heavy atom. The Morgan fingerprint density at radius 3 is 1.91 bits per heavy atom. The van der Waals surface area contributed by atoms with Crippen molar-refractivity contribution in [3.63, 3.8) is 0 Å². The van der Waals surface area contributed by atoms with Crippen molar-refractivity contribution in [3.05, 3.63) is 114 Å². The Morgan fingerprint density at radius 1 is 0.727 bits per heavy atom. The maximum atomic E-state index is 5.58. The van der Waals surface area contributed by atoms with E-state index in [0.29, 0.717) is 6.04 Å². The summed E-state index contributed by atoms with van der Waals surface area (Å²) in [5.41, 5.74) is 4.77. The smallest absolute Gasteiger partial charge is 0.137 e. The quantitative estimate of drug-likeness (QED) is 0.355. The number of piperazine rings is 1. The van der Waals surface area contributed by atoms with Crippen LogP contribution >= 0.6 is 0 Å². The van der Waals surface area contributed by atoms with Crippen LogP contribution in [-0.2, 0) is 6.42 Å². The predicted molar refractivity (Wildman–Crippen MR) is 133 cm³/mol. The molecule has 168 valence electrons. The van der Waals surface area contributed by atoms with Crippen LogP contribution < -0.4 is 0 Å². The van der Waals surface area contributed by atoms with E-state index in [-0.39, 0.29) is 0 Å². The van der Waals surface area contributed by atoms with Crippen molar-refractivity contribution in [2.45, 2.75) is 18.9 Å². The van der Waals surface area contributed by atoms with Crippen LogP contribution in [0.5, 0.6) is 0 Å². The van der Waals surface area contributed by atoms with E-state index in [1.54, 1.807) is 0 Å². The van der Waals surface area contributed by atoms with Crippen LogP contribution in [0.25, 0.3) is 11.3 Å². The third-order valence-corrected chi connectivity index (χ3v) is 6.53. The monoisotopic (exact) mass is 437 g/mol. The van der Waals surface area contributed by atoms with E-state index < -0.39 is 0 Å². The molecule has 1 saturated heterocycles. The van der Waals surface area contributed by atoms with Gasteiger partial charge < -0.3 is 9.42 Å². The van der Waals surface area contributed by atoms with E-state index in [1.165, 1.54) is 11.1 Å². The highest BCUT2D eigenvalue weighted by atomic mass is 16.5. The number of rotatable bonds is 8. The summed E-state index contributed by atoms with van der Waals surface area (Å²) >= 11 is 0. The van der Waals surface area contributed by atoms with Crippen LogP contribution in [0.3, 0.4) is 0 Å². The fourth-order valence-electron chi connectivity index (χ4n) is 4.78. The third-order valence-electron chi connectivity index (χ3n) is 6.53. The first-order valence-electron chi connectivity index (χ1n) is 11.9.